The predicted molar refractivity (Wildman–Crippen MR) is 67.5 cm³/mol. The average Bonchev–Trinajstić information content (AvgIpc) is 2.56. The van der Waals surface area contributed by atoms with Crippen LogP contribution < -0.4 is 10.6 Å². The van der Waals surface area contributed by atoms with Crippen LogP contribution in [0.2, 0.25) is 0 Å². The van der Waals surface area contributed by atoms with Crippen LogP contribution in [0.25, 0.3) is 0 Å². The monoisotopic (exact) mass is 238 g/mol. The molecule has 0 spiro atoms. The maximum atomic E-state index is 11.3. The first-order valence-corrected chi connectivity index (χ1v) is 5.98. The Morgan fingerprint density at radius 3 is 2.71 bits per heavy atom. The number of carbonyl (C=O) groups is 1. The van der Waals surface area contributed by atoms with Gasteiger partial charge in [0.25, 0.3) is 0 Å². The zero-order valence-corrected chi connectivity index (χ0v) is 11.1. The van der Waals surface area contributed by atoms with E-state index in [1.807, 2.05) is 38.7 Å². The van der Waals surface area contributed by atoms with Crippen LogP contribution in [0, 0.1) is 12.8 Å². The molecule has 1 aromatic heterocycles. The van der Waals surface area contributed by atoms with Gasteiger partial charge in [-0.3, -0.25) is 9.48 Å². The third kappa shape index (κ3) is 4.56. The average molecular weight is 238 g/mol. The van der Waals surface area contributed by atoms with Gasteiger partial charge in [0.1, 0.15) is 0 Å². The van der Waals surface area contributed by atoms with Crippen LogP contribution in [0.4, 0.5) is 0 Å². The van der Waals surface area contributed by atoms with E-state index in [0.717, 1.165) is 18.8 Å². The van der Waals surface area contributed by atoms with Gasteiger partial charge in [-0.25, -0.2) is 0 Å². The number of aromatic nitrogens is 2. The van der Waals surface area contributed by atoms with Crippen molar-refractivity contribution in [2.45, 2.75) is 27.3 Å². The van der Waals surface area contributed by atoms with Crippen molar-refractivity contribution in [1.29, 1.82) is 0 Å². The van der Waals surface area contributed by atoms with E-state index in [0.29, 0.717) is 6.54 Å². The SMILES string of the molecule is Cc1nn(C)cc1CNCCNC(=O)C(C)C. The summed E-state index contributed by atoms with van der Waals surface area (Å²) in [6, 6.07) is 0. The lowest BCUT2D eigenvalue weighted by Gasteiger charge is -2.08. The van der Waals surface area contributed by atoms with E-state index in [1.165, 1.54) is 5.56 Å². The van der Waals surface area contributed by atoms with Crippen molar-refractivity contribution in [2.75, 3.05) is 13.1 Å². The topological polar surface area (TPSA) is 59.0 Å². The highest BCUT2D eigenvalue weighted by Crippen LogP contribution is 2.03. The van der Waals surface area contributed by atoms with Gasteiger partial charge in [-0.15, -0.1) is 0 Å². The lowest BCUT2D eigenvalue weighted by atomic mass is 10.2. The quantitative estimate of drug-likeness (QED) is 0.713. The number of aryl methyl sites for hydroxylation is 2. The maximum Gasteiger partial charge on any atom is 0.222 e. The van der Waals surface area contributed by atoms with Crippen LogP contribution in [-0.4, -0.2) is 28.8 Å². The molecule has 0 atom stereocenters. The largest absolute Gasteiger partial charge is 0.355 e. The predicted octanol–water partition coefficient (Wildman–Crippen LogP) is 0.590. The van der Waals surface area contributed by atoms with Crippen LogP contribution in [0.3, 0.4) is 0 Å². The summed E-state index contributed by atoms with van der Waals surface area (Å²) in [6.45, 7) is 8.00. The first-order chi connectivity index (χ1) is 8.00. The van der Waals surface area contributed by atoms with Gasteiger partial charge in [0.15, 0.2) is 0 Å². The molecule has 0 unspecified atom stereocenters. The third-order valence-electron chi connectivity index (χ3n) is 2.56. The smallest absolute Gasteiger partial charge is 0.222 e. The van der Waals surface area contributed by atoms with Crippen molar-refractivity contribution in [3.63, 3.8) is 0 Å². The summed E-state index contributed by atoms with van der Waals surface area (Å²) in [5.41, 5.74) is 2.24. The Labute approximate surface area is 103 Å². The van der Waals surface area contributed by atoms with E-state index >= 15 is 0 Å². The molecule has 0 radical (unpaired) electrons. The molecule has 5 heteroatoms. The van der Waals surface area contributed by atoms with Crippen LogP contribution in [0.5, 0.6) is 0 Å². The first kappa shape index (κ1) is 13.7. The molecule has 17 heavy (non-hydrogen) atoms. The minimum atomic E-state index is 0.0515. The Bertz CT molecular complexity index is 371. The van der Waals surface area contributed by atoms with Gasteiger partial charge in [-0.2, -0.15) is 5.10 Å². The minimum absolute atomic E-state index is 0.0515. The van der Waals surface area contributed by atoms with Gasteiger partial charge in [-0.05, 0) is 6.92 Å². The number of hydrogen-bond acceptors (Lipinski definition) is 3. The van der Waals surface area contributed by atoms with Crippen molar-refractivity contribution >= 4 is 5.91 Å². The standard InChI is InChI=1S/C12H22N4O/c1-9(2)12(17)14-6-5-13-7-11-8-16(4)15-10(11)3/h8-9,13H,5-7H2,1-4H3,(H,14,17). The number of nitrogens with zero attached hydrogens (tertiary/aromatic N) is 2. The molecular formula is C12H22N4O. The molecule has 0 aliphatic rings. The highest BCUT2D eigenvalue weighted by molar-refractivity contribution is 5.77. The van der Waals surface area contributed by atoms with Gasteiger partial charge in [-0.1, -0.05) is 13.8 Å². The molecule has 5 nitrogen and oxygen atoms in total. The summed E-state index contributed by atoms with van der Waals surface area (Å²) in [5.74, 6) is 0.153. The Morgan fingerprint density at radius 1 is 1.47 bits per heavy atom. The highest BCUT2D eigenvalue weighted by atomic mass is 16.1. The van der Waals surface area contributed by atoms with Crippen molar-refractivity contribution < 1.29 is 4.79 Å². The molecule has 96 valence electrons. The molecule has 2 N–H and O–H groups in total. The second-order valence-corrected chi connectivity index (χ2v) is 4.54. The molecule has 1 rings (SSSR count). The Balaban J connectivity index is 2.17. The molecule has 0 aromatic carbocycles. The molecule has 0 saturated carbocycles. The van der Waals surface area contributed by atoms with E-state index in [9.17, 15) is 4.79 Å². The van der Waals surface area contributed by atoms with Crippen molar-refractivity contribution in [2.24, 2.45) is 13.0 Å². The first-order valence-electron chi connectivity index (χ1n) is 5.98. The summed E-state index contributed by atoms with van der Waals surface area (Å²) >= 11 is 0. The van der Waals surface area contributed by atoms with Gasteiger partial charge in [0, 0.05) is 44.4 Å². The molecule has 1 aromatic rings. The maximum absolute atomic E-state index is 11.3. The normalized spacial score (nSPS) is 10.9. The second kappa shape index (κ2) is 6.39. The fourth-order valence-electron chi connectivity index (χ4n) is 1.52. The fraction of sp³-hybridized carbons (Fsp3) is 0.667. The lowest BCUT2D eigenvalue weighted by Crippen LogP contribution is -2.34. The Hall–Kier alpha value is -1.36. The summed E-state index contributed by atoms with van der Waals surface area (Å²) in [5, 5.41) is 10.4. The van der Waals surface area contributed by atoms with Gasteiger partial charge >= 0.3 is 0 Å². The molecule has 0 aliphatic heterocycles. The Morgan fingerprint density at radius 2 is 2.18 bits per heavy atom. The molecule has 0 aliphatic carbocycles. The summed E-state index contributed by atoms with van der Waals surface area (Å²) in [6.07, 6.45) is 2.01. The van der Waals surface area contributed by atoms with Crippen LogP contribution in [0.15, 0.2) is 6.20 Å². The molecule has 0 bridgehead atoms. The number of carbonyl (C=O) groups excluding carboxylic acids is 1. The molecule has 1 amide bonds. The zero-order chi connectivity index (χ0) is 12.8. The van der Waals surface area contributed by atoms with Crippen LogP contribution in [-0.2, 0) is 18.4 Å². The summed E-state index contributed by atoms with van der Waals surface area (Å²) < 4.78 is 1.81. The minimum Gasteiger partial charge on any atom is -0.355 e. The van der Waals surface area contributed by atoms with E-state index in [1.54, 1.807) is 0 Å². The van der Waals surface area contributed by atoms with Crippen molar-refractivity contribution in [1.82, 2.24) is 20.4 Å². The van der Waals surface area contributed by atoms with Crippen LogP contribution >= 0.6 is 0 Å². The number of nitrogens with one attached hydrogen (secondary N) is 2. The van der Waals surface area contributed by atoms with Crippen molar-refractivity contribution in [3.8, 4) is 0 Å². The highest BCUT2D eigenvalue weighted by Gasteiger charge is 2.05. The zero-order valence-electron chi connectivity index (χ0n) is 11.1. The molecule has 1 heterocycles. The van der Waals surface area contributed by atoms with Gasteiger partial charge < -0.3 is 10.6 Å². The number of rotatable bonds is 6. The summed E-state index contributed by atoms with van der Waals surface area (Å²) in [4.78, 5) is 11.3. The molecular weight excluding hydrogens is 216 g/mol. The van der Waals surface area contributed by atoms with Gasteiger partial charge in [0.2, 0.25) is 5.91 Å². The Kier molecular flexibility index (Phi) is 5.15. The van der Waals surface area contributed by atoms with Crippen molar-refractivity contribution in [3.05, 3.63) is 17.5 Å². The lowest BCUT2D eigenvalue weighted by molar-refractivity contribution is -0.123. The molecule has 0 fully saturated rings. The fourth-order valence-corrected chi connectivity index (χ4v) is 1.52. The van der Waals surface area contributed by atoms with Gasteiger partial charge in [0.05, 0.1) is 5.69 Å². The molecule has 0 saturated heterocycles. The van der Waals surface area contributed by atoms with Crippen LogP contribution in [0.1, 0.15) is 25.1 Å². The van der Waals surface area contributed by atoms with E-state index in [-0.39, 0.29) is 11.8 Å². The summed E-state index contributed by atoms with van der Waals surface area (Å²) in [7, 11) is 1.92. The number of hydrogen-bond donors (Lipinski definition) is 2. The number of amides is 1. The van der Waals surface area contributed by atoms with E-state index in [2.05, 4.69) is 15.7 Å². The third-order valence-corrected chi connectivity index (χ3v) is 2.56. The van der Waals surface area contributed by atoms with E-state index < -0.39 is 0 Å². The van der Waals surface area contributed by atoms with E-state index in [4.69, 9.17) is 0 Å². The second-order valence-electron chi connectivity index (χ2n) is 4.54.